The molecule has 0 bridgehead atoms. The Morgan fingerprint density at radius 2 is 0.920 bits per heavy atom. The molecule has 0 atom stereocenters. The second kappa shape index (κ2) is 10.8. The van der Waals surface area contributed by atoms with Gasteiger partial charge < -0.3 is 9.32 Å². The summed E-state index contributed by atoms with van der Waals surface area (Å²) in [6, 6.07) is 59.5. The standard InChI is InChI=1S/C46H27NOS2/c1-2-12-36-32(9-1)38(27-41-46(36)37-13-3-6-14-40(37)48-41)28-17-19-29(20-18-28)47(30-22-24-44-39(25-30)34-11-5-8-16-43(34)49-44)31-21-23-35-33-10-4-7-15-42(33)50-45(35)26-31/h1-27H. The molecule has 0 saturated heterocycles. The minimum absolute atomic E-state index is 0.915. The van der Waals surface area contributed by atoms with Gasteiger partial charge >= 0.3 is 0 Å². The molecule has 0 radical (unpaired) electrons. The fourth-order valence-electron chi connectivity index (χ4n) is 7.77. The zero-order valence-corrected chi connectivity index (χ0v) is 28.4. The number of para-hydroxylation sites is 1. The van der Waals surface area contributed by atoms with E-state index in [1.165, 1.54) is 62.1 Å². The van der Waals surface area contributed by atoms with Crippen molar-refractivity contribution in [1.82, 2.24) is 0 Å². The van der Waals surface area contributed by atoms with E-state index in [1.54, 1.807) is 0 Å². The lowest BCUT2D eigenvalue weighted by Crippen LogP contribution is -2.09. The van der Waals surface area contributed by atoms with Gasteiger partial charge in [-0.1, -0.05) is 97.1 Å². The Kier molecular flexibility index (Phi) is 6.03. The molecule has 3 heterocycles. The van der Waals surface area contributed by atoms with Crippen LogP contribution in [0.25, 0.3) is 84.2 Å². The third kappa shape index (κ3) is 4.19. The van der Waals surface area contributed by atoms with E-state index in [4.69, 9.17) is 4.42 Å². The first-order valence-corrected chi connectivity index (χ1v) is 18.5. The lowest BCUT2D eigenvalue weighted by molar-refractivity contribution is 0.669. The molecule has 11 aromatic rings. The summed E-state index contributed by atoms with van der Waals surface area (Å²) in [4.78, 5) is 2.40. The van der Waals surface area contributed by atoms with Crippen molar-refractivity contribution >= 4 is 113 Å². The molecule has 8 aromatic carbocycles. The molecule has 0 aliphatic heterocycles. The number of furan rings is 1. The maximum Gasteiger partial charge on any atom is 0.136 e. The molecule has 2 nitrogen and oxygen atoms in total. The number of hydrogen-bond donors (Lipinski definition) is 0. The van der Waals surface area contributed by atoms with Crippen molar-refractivity contribution in [3.05, 3.63) is 164 Å². The number of fused-ring (bicyclic) bond motifs is 11. The first kappa shape index (κ1) is 28.0. The summed E-state index contributed by atoms with van der Waals surface area (Å²) < 4.78 is 11.6. The van der Waals surface area contributed by atoms with E-state index in [0.717, 1.165) is 39.2 Å². The highest BCUT2D eigenvalue weighted by molar-refractivity contribution is 7.26. The highest BCUT2D eigenvalue weighted by Gasteiger charge is 2.18. The molecule has 0 unspecified atom stereocenters. The van der Waals surface area contributed by atoms with Crippen molar-refractivity contribution in [3.63, 3.8) is 0 Å². The van der Waals surface area contributed by atoms with Crippen LogP contribution in [0.1, 0.15) is 0 Å². The molecule has 3 aromatic heterocycles. The third-order valence-electron chi connectivity index (χ3n) is 10.1. The van der Waals surface area contributed by atoms with E-state index >= 15 is 0 Å². The summed E-state index contributed by atoms with van der Waals surface area (Å²) in [6.07, 6.45) is 0. The van der Waals surface area contributed by atoms with Gasteiger partial charge in [-0.25, -0.2) is 0 Å². The molecule has 0 spiro atoms. The Balaban J connectivity index is 1.09. The second-order valence-corrected chi connectivity index (χ2v) is 15.0. The van der Waals surface area contributed by atoms with Crippen molar-refractivity contribution < 1.29 is 4.42 Å². The van der Waals surface area contributed by atoms with Crippen LogP contribution in [0.2, 0.25) is 0 Å². The minimum atomic E-state index is 0.915. The SMILES string of the molecule is c1ccc2c(c1)oc1cc(-c3ccc(N(c4ccc5c(c4)sc4ccccc45)c4ccc5sc6ccccc6c5c4)cc3)c3ccccc3c12. The van der Waals surface area contributed by atoms with E-state index in [-0.39, 0.29) is 0 Å². The maximum atomic E-state index is 6.41. The van der Waals surface area contributed by atoms with Crippen LogP contribution in [0.3, 0.4) is 0 Å². The van der Waals surface area contributed by atoms with E-state index < -0.39 is 0 Å². The quantitative estimate of drug-likeness (QED) is 0.185. The number of hydrogen-bond acceptors (Lipinski definition) is 4. The predicted molar refractivity (Wildman–Crippen MR) is 217 cm³/mol. The van der Waals surface area contributed by atoms with Crippen LogP contribution in [0.15, 0.2) is 168 Å². The van der Waals surface area contributed by atoms with E-state index in [9.17, 15) is 0 Å². The fourth-order valence-corrected chi connectivity index (χ4v) is 10.00. The van der Waals surface area contributed by atoms with Crippen molar-refractivity contribution in [1.29, 1.82) is 0 Å². The summed E-state index contributed by atoms with van der Waals surface area (Å²) in [5, 5.41) is 9.98. The van der Waals surface area contributed by atoms with Crippen LogP contribution in [-0.2, 0) is 0 Å². The minimum Gasteiger partial charge on any atom is -0.456 e. The molecule has 0 amide bonds. The van der Waals surface area contributed by atoms with Gasteiger partial charge in [0, 0.05) is 68.2 Å². The zero-order valence-electron chi connectivity index (χ0n) is 26.8. The molecule has 234 valence electrons. The Labute approximate surface area is 295 Å². The van der Waals surface area contributed by atoms with Gasteiger partial charge in [0.1, 0.15) is 11.2 Å². The summed E-state index contributed by atoms with van der Waals surface area (Å²) >= 11 is 3.71. The monoisotopic (exact) mass is 673 g/mol. The molecule has 4 heteroatoms. The molecule has 50 heavy (non-hydrogen) atoms. The van der Waals surface area contributed by atoms with Gasteiger partial charge in [0.2, 0.25) is 0 Å². The summed E-state index contributed by atoms with van der Waals surface area (Å²) in [7, 11) is 0. The van der Waals surface area contributed by atoms with Crippen molar-refractivity contribution in [2.75, 3.05) is 4.90 Å². The normalized spacial score (nSPS) is 12.0. The van der Waals surface area contributed by atoms with Crippen molar-refractivity contribution in [2.24, 2.45) is 0 Å². The number of nitrogens with zero attached hydrogens (tertiary/aromatic N) is 1. The first-order valence-electron chi connectivity index (χ1n) is 16.8. The Hall–Kier alpha value is -5.94. The highest BCUT2D eigenvalue weighted by atomic mass is 32.1. The van der Waals surface area contributed by atoms with Crippen molar-refractivity contribution in [3.8, 4) is 11.1 Å². The third-order valence-corrected chi connectivity index (χ3v) is 12.3. The van der Waals surface area contributed by atoms with Gasteiger partial charge in [-0.15, -0.1) is 22.7 Å². The molecular weight excluding hydrogens is 647 g/mol. The van der Waals surface area contributed by atoms with Gasteiger partial charge in [-0.2, -0.15) is 0 Å². The molecule has 0 aliphatic carbocycles. The molecule has 0 saturated carbocycles. The number of benzene rings is 8. The average molecular weight is 674 g/mol. The number of thiophene rings is 2. The lowest BCUT2D eigenvalue weighted by Gasteiger charge is -2.26. The average Bonchev–Trinajstić information content (AvgIpc) is 3.86. The van der Waals surface area contributed by atoms with Crippen LogP contribution in [0.5, 0.6) is 0 Å². The van der Waals surface area contributed by atoms with E-state index in [1.807, 2.05) is 28.7 Å². The van der Waals surface area contributed by atoms with Gasteiger partial charge in [0.15, 0.2) is 0 Å². The first-order chi connectivity index (χ1) is 24.8. The van der Waals surface area contributed by atoms with Gasteiger partial charge in [-0.05, 0) is 88.6 Å². The number of anilines is 3. The molecule has 0 aliphatic rings. The predicted octanol–water partition coefficient (Wildman–Crippen LogP) is 14.6. The second-order valence-electron chi connectivity index (χ2n) is 12.9. The van der Waals surface area contributed by atoms with Crippen LogP contribution < -0.4 is 4.90 Å². The van der Waals surface area contributed by atoms with Crippen LogP contribution in [0.4, 0.5) is 17.1 Å². The van der Waals surface area contributed by atoms with Crippen LogP contribution in [-0.4, -0.2) is 0 Å². The van der Waals surface area contributed by atoms with Crippen molar-refractivity contribution in [2.45, 2.75) is 0 Å². The molecule has 0 fully saturated rings. The largest absolute Gasteiger partial charge is 0.456 e. The van der Waals surface area contributed by atoms with Gasteiger partial charge in [0.05, 0.1) is 0 Å². The summed E-state index contributed by atoms with van der Waals surface area (Å²) in [5.41, 5.74) is 7.56. The molecule has 11 rings (SSSR count). The summed E-state index contributed by atoms with van der Waals surface area (Å²) in [5.74, 6) is 0. The van der Waals surface area contributed by atoms with Crippen LogP contribution in [0, 0.1) is 0 Å². The van der Waals surface area contributed by atoms with E-state index in [2.05, 4.69) is 163 Å². The zero-order chi connectivity index (χ0) is 32.8. The summed E-state index contributed by atoms with van der Waals surface area (Å²) in [6.45, 7) is 0. The van der Waals surface area contributed by atoms with Crippen LogP contribution >= 0.6 is 22.7 Å². The lowest BCUT2D eigenvalue weighted by atomic mass is 9.95. The van der Waals surface area contributed by atoms with Gasteiger partial charge in [0.25, 0.3) is 0 Å². The smallest absolute Gasteiger partial charge is 0.136 e. The maximum absolute atomic E-state index is 6.41. The number of rotatable bonds is 4. The highest BCUT2D eigenvalue weighted by Crippen LogP contribution is 2.45. The Morgan fingerprint density at radius 3 is 1.72 bits per heavy atom. The Bertz CT molecular complexity index is 3110. The topological polar surface area (TPSA) is 16.4 Å². The van der Waals surface area contributed by atoms with E-state index in [0.29, 0.717) is 0 Å². The molecule has 0 N–H and O–H groups in total. The molecular formula is C46H27NOS2. The Morgan fingerprint density at radius 1 is 0.360 bits per heavy atom. The van der Waals surface area contributed by atoms with Gasteiger partial charge in [-0.3, -0.25) is 0 Å². The fraction of sp³-hybridized carbons (Fsp3) is 0.